The molecule has 0 radical (unpaired) electrons. The number of hydrogen-bond acceptors (Lipinski definition) is 3. The quantitative estimate of drug-likeness (QED) is 0.748. The summed E-state index contributed by atoms with van der Waals surface area (Å²) in [5.74, 6) is -0.0145. The predicted octanol–water partition coefficient (Wildman–Crippen LogP) is 2.50. The average molecular weight is 272 g/mol. The SMILES string of the molecule is CN(C(=O)CCOCc1ccccc1)C1(C#N)CCC1. The highest BCUT2D eigenvalue weighted by Gasteiger charge is 2.43. The first-order chi connectivity index (χ1) is 9.68. The van der Waals surface area contributed by atoms with Gasteiger partial charge in [-0.15, -0.1) is 0 Å². The molecule has 106 valence electrons. The maximum Gasteiger partial charge on any atom is 0.225 e. The van der Waals surface area contributed by atoms with Crippen molar-refractivity contribution < 1.29 is 9.53 Å². The van der Waals surface area contributed by atoms with E-state index in [4.69, 9.17) is 4.74 Å². The standard InChI is InChI=1S/C16H20N2O2/c1-18(16(13-17)9-5-10-16)15(19)8-11-20-12-14-6-3-2-4-7-14/h2-4,6-7H,5,8-12H2,1H3. The zero-order chi connectivity index (χ0) is 14.4. The Labute approximate surface area is 120 Å². The van der Waals surface area contributed by atoms with Gasteiger partial charge in [-0.2, -0.15) is 5.26 Å². The van der Waals surface area contributed by atoms with Crippen molar-refractivity contribution in [3.05, 3.63) is 35.9 Å². The molecule has 1 aliphatic carbocycles. The van der Waals surface area contributed by atoms with Crippen LogP contribution in [0.25, 0.3) is 0 Å². The number of hydrogen-bond donors (Lipinski definition) is 0. The second-order valence-corrected chi connectivity index (χ2v) is 5.24. The molecule has 0 bridgehead atoms. The zero-order valence-electron chi connectivity index (χ0n) is 11.8. The minimum atomic E-state index is -0.559. The minimum Gasteiger partial charge on any atom is -0.376 e. The average Bonchev–Trinajstić information content (AvgIpc) is 2.44. The van der Waals surface area contributed by atoms with Crippen LogP contribution in [0.5, 0.6) is 0 Å². The smallest absolute Gasteiger partial charge is 0.225 e. The summed E-state index contributed by atoms with van der Waals surface area (Å²) >= 11 is 0. The van der Waals surface area contributed by atoms with Gasteiger partial charge in [-0.3, -0.25) is 4.79 Å². The van der Waals surface area contributed by atoms with Gasteiger partial charge < -0.3 is 9.64 Å². The van der Waals surface area contributed by atoms with Crippen molar-refractivity contribution in [1.82, 2.24) is 4.90 Å². The van der Waals surface area contributed by atoms with Gasteiger partial charge in [0.25, 0.3) is 0 Å². The van der Waals surface area contributed by atoms with Crippen LogP contribution in [0.2, 0.25) is 0 Å². The molecule has 0 unspecified atom stereocenters. The topological polar surface area (TPSA) is 53.3 Å². The first-order valence-electron chi connectivity index (χ1n) is 6.97. The van der Waals surface area contributed by atoms with Crippen LogP contribution >= 0.6 is 0 Å². The van der Waals surface area contributed by atoms with E-state index < -0.39 is 5.54 Å². The third kappa shape index (κ3) is 3.17. The summed E-state index contributed by atoms with van der Waals surface area (Å²) in [7, 11) is 1.72. The van der Waals surface area contributed by atoms with E-state index >= 15 is 0 Å². The molecule has 0 atom stereocenters. The Bertz CT molecular complexity index is 489. The van der Waals surface area contributed by atoms with Crippen molar-refractivity contribution in [2.75, 3.05) is 13.7 Å². The summed E-state index contributed by atoms with van der Waals surface area (Å²) in [6.45, 7) is 0.904. The summed E-state index contributed by atoms with van der Waals surface area (Å²) in [6.07, 6.45) is 2.93. The van der Waals surface area contributed by atoms with Crippen LogP contribution in [-0.2, 0) is 16.1 Å². The molecule has 0 heterocycles. The van der Waals surface area contributed by atoms with Crippen molar-refractivity contribution >= 4 is 5.91 Å². The molecule has 20 heavy (non-hydrogen) atoms. The van der Waals surface area contributed by atoms with E-state index in [0.717, 1.165) is 24.8 Å². The monoisotopic (exact) mass is 272 g/mol. The molecule has 1 fully saturated rings. The molecule has 0 aromatic heterocycles. The van der Waals surface area contributed by atoms with Crippen LogP contribution in [0.4, 0.5) is 0 Å². The van der Waals surface area contributed by atoms with Gasteiger partial charge in [0.2, 0.25) is 5.91 Å². The molecule has 1 amide bonds. The number of nitrogens with zero attached hydrogens (tertiary/aromatic N) is 2. The molecule has 0 aliphatic heterocycles. The molecule has 1 aromatic carbocycles. The van der Waals surface area contributed by atoms with E-state index in [1.54, 1.807) is 11.9 Å². The number of nitriles is 1. The van der Waals surface area contributed by atoms with Crippen molar-refractivity contribution in [3.8, 4) is 6.07 Å². The summed E-state index contributed by atoms with van der Waals surface area (Å²) in [5, 5.41) is 9.20. The fraction of sp³-hybridized carbons (Fsp3) is 0.500. The highest BCUT2D eigenvalue weighted by Crippen LogP contribution is 2.36. The Balaban J connectivity index is 1.72. The van der Waals surface area contributed by atoms with Gasteiger partial charge in [0.15, 0.2) is 0 Å². The largest absolute Gasteiger partial charge is 0.376 e. The Morgan fingerprint density at radius 2 is 2.10 bits per heavy atom. The number of amides is 1. The van der Waals surface area contributed by atoms with Crippen LogP contribution in [-0.4, -0.2) is 30.0 Å². The molecular formula is C16H20N2O2. The highest BCUT2D eigenvalue weighted by atomic mass is 16.5. The molecule has 0 saturated heterocycles. The van der Waals surface area contributed by atoms with Gasteiger partial charge in [0, 0.05) is 7.05 Å². The fourth-order valence-corrected chi connectivity index (χ4v) is 2.36. The maximum atomic E-state index is 12.0. The van der Waals surface area contributed by atoms with Crippen molar-refractivity contribution in [3.63, 3.8) is 0 Å². The molecule has 4 nitrogen and oxygen atoms in total. The van der Waals surface area contributed by atoms with Gasteiger partial charge in [0.1, 0.15) is 5.54 Å². The van der Waals surface area contributed by atoms with Crippen molar-refractivity contribution in [2.45, 2.75) is 37.8 Å². The number of rotatable bonds is 6. The first kappa shape index (κ1) is 14.5. The molecule has 1 aromatic rings. The third-order valence-electron chi connectivity index (χ3n) is 3.98. The Kier molecular flexibility index (Phi) is 4.75. The second kappa shape index (κ2) is 6.53. The van der Waals surface area contributed by atoms with E-state index in [1.807, 2.05) is 30.3 Å². The van der Waals surface area contributed by atoms with E-state index in [2.05, 4.69) is 6.07 Å². The predicted molar refractivity (Wildman–Crippen MR) is 75.7 cm³/mol. The van der Waals surface area contributed by atoms with E-state index in [-0.39, 0.29) is 5.91 Å². The van der Waals surface area contributed by atoms with Gasteiger partial charge in [-0.1, -0.05) is 30.3 Å². The highest BCUT2D eigenvalue weighted by molar-refractivity contribution is 5.77. The van der Waals surface area contributed by atoms with Crippen LogP contribution in [0.15, 0.2) is 30.3 Å². The van der Waals surface area contributed by atoms with Crippen LogP contribution in [0.3, 0.4) is 0 Å². The summed E-state index contributed by atoms with van der Waals surface area (Å²) in [4.78, 5) is 13.6. The first-order valence-corrected chi connectivity index (χ1v) is 6.97. The van der Waals surface area contributed by atoms with Crippen LogP contribution in [0.1, 0.15) is 31.2 Å². The molecule has 0 spiro atoms. The van der Waals surface area contributed by atoms with Crippen molar-refractivity contribution in [1.29, 1.82) is 5.26 Å². The van der Waals surface area contributed by atoms with E-state index in [1.165, 1.54) is 0 Å². The Morgan fingerprint density at radius 1 is 1.40 bits per heavy atom. The lowest BCUT2D eigenvalue weighted by molar-refractivity contribution is -0.137. The van der Waals surface area contributed by atoms with Gasteiger partial charge >= 0.3 is 0 Å². The van der Waals surface area contributed by atoms with E-state index in [9.17, 15) is 10.1 Å². The Hall–Kier alpha value is -1.86. The number of benzene rings is 1. The normalized spacial score (nSPS) is 16.0. The zero-order valence-corrected chi connectivity index (χ0v) is 11.8. The second-order valence-electron chi connectivity index (χ2n) is 5.24. The lowest BCUT2D eigenvalue weighted by Crippen LogP contribution is -2.53. The molecular weight excluding hydrogens is 252 g/mol. The number of carbonyl (C=O) groups is 1. The lowest BCUT2D eigenvalue weighted by Gasteiger charge is -2.43. The number of carbonyl (C=O) groups excluding carboxylic acids is 1. The molecule has 4 heteroatoms. The summed E-state index contributed by atoms with van der Waals surface area (Å²) in [5.41, 5.74) is 0.539. The van der Waals surface area contributed by atoms with E-state index in [0.29, 0.717) is 19.6 Å². The van der Waals surface area contributed by atoms with Gasteiger partial charge in [-0.05, 0) is 24.8 Å². The molecule has 2 rings (SSSR count). The molecule has 1 aliphatic rings. The van der Waals surface area contributed by atoms with Crippen molar-refractivity contribution in [2.24, 2.45) is 0 Å². The van der Waals surface area contributed by atoms with Crippen LogP contribution < -0.4 is 0 Å². The molecule has 0 N–H and O–H groups in total. The summed E-state index contributed by atoms with van der Waals surface area (Å²) in [6, 6.07) is 12.1. The number of ether oxygens (including phenoxy) is 1. The Morgan fingerprint density at radius 3 is 2.65 bits per heavy atom. The molecule has 1 saturated carbocycles. The lowest BCUT2D eigenvalue weighted by atomic mass is 9.76. The summed E-state index contributed by atoms with van der Waals surface area (Å²) < 4.78 is 5.51. The van der Waals surface area contributed by atoms with Crippen LogP contribution in [0, 0.1) is 11.3 Å². The fourth-order valence-electron chi connectivity index (χ4n) is 2.36. The third-order valence-corrected chi connectivity index (χ3v) is 3.98. The minimum absolute atomic E-state index is 0.0145. The maximum absolute atomic E-state index is 12.0. The van der Waals surface area contributed by atoms with Gasteiger partial charge in [-0.25, -0.2) is 0 Å². The van der Waals surface area contributed by atoms with Gasteiger partial charge in [0.05, 0.1) is 25.7 Å².